The molecule has 0 aliphatic rings. The maximum Gasteiger partial charge on any atom is 0.326 e. The number of aliphatic carboxylic acids is 1. The summed E-state index contributed by atoms with van der Waals surface area (Å²) in [6, 6.07) is 15.2. The Labute approximate surface area is 152 Å². The summed E-state index contributed by atoms with van der Waals surface area (Å²) in [5, 5.41) is 12.8. The van der Waals surface area contributed by atoms with Gasteiger partial charge in [0.2, 0.25) is 0 Å². The normalized spacial score (nSPS) is 11.9. The maximum atomic E-state index is 12.6. The highest BCUT2D eigenvalue weighted by Gasteiger charge is 2.22. The van der Waals surface area contributed by atoms with E-state index in [2.05, 4.69) is 26.2 Å². The van der Waals surface area contributed by atoms with Gasteiger partial charge in [-0.25, -0.2) is 4.79 Å². The number of carboxylic acids is 1. The van der Waals surface area contributed by atoms with Crippen LogP contribution in [0.15, 0.2) is 65.3 Å². The summed E-state index contributed by atoms with van der Waals surface area (Å²) >= 11 is 3.34. The van der Waals surface area contributed by atoms with Crippen molar-refractivity contribution in [2.75, 3.05) is 0 Å². The number of hydrogen-bond acceptors (Lipinski definition) is 3. The molecule has 1 aromatic heterocycles. The molecule has 0 aliphatic heterocycles. The first-order chi connectivity index (χ1) is 12.0. The number of aromatic nitrogens is 1. The van der Waals surface area contributed by atoms with Gasteiger partial charge in [0.05, 0.1) is 11.1 Å². The van der Waals surface area contributed by atoms with Crippen molar-refractivity contribution in [3.05, 3.63) is 76.4 Å². The van der Waals surface area contributed by atoms with E-state index in [-0.39, 0.29) is 6.42 Å². The van der Waals surface area contributed by atoms with Crippen molar-refractivity contribution >= 4 is 38.7 Å². The number of halogens is 1. The molecule has 6 heteroatoms. The Morgan fingerprint density at radius 1 is 1.08 bits per heavy atom. The van der Waals surface area contributed by atoms with Gasteiger partial charge in [0.15, 0.2) is 0 Å². The summed E-state index contributed by atoms with van der Waals surface area (Å²) < 4.78 is 0.912. The molecule has 0 saturated carbocycles. The van der Waals surface area contributed by atoms with E-state index < -0.39 is 17.9 Å². The monoisotopic (exact) mass is 398 g/mol. The average Bonchev–Trinajstić information content (AvgIpc) is 2.62. The lowest BCUT2D eigenvalue weighted by molar-refractivity contribution is -0.139. The summed E-state index contributed by atoms with van der Waals surface area (Å²) in [6.07, 6.45) is 1.75. The predicted molar refractivity (Wildman–Crippen MR) is 98.5 cm³/mol. The Morgan fingerprint density at radius 3 is 2.52 bits per heavy atom. The number of benzene rings is 2. The van der Waals surface area contributed by atoms with Gasteiger partial charge in [-0.2, -0.15) is 0 Å². The van der Waals surface area contributed by atoms with E-state index in [4.69, 9.17) is 0 Å². The third-order valence-electron chi connectivity index (χ3n) is 3.85. The number of para-hydroxylation sites is 1. The number of amides is 1. The molecule has 0 saturated heterocycles. The molecule has 2 N–H and O–H groups in total. The number of hydrogen-bond donors (Lipinski definition) is 2. The molecule has 0 unspecified atom stereocenters. The standard InChI is InChI=1S/C19H15BrN2O3/c20-13-7-5-12(6-8-13)11-17(19(24)25)22-18(23)15-9-10-21-16-4-2-1-3-14(15)16/h1-10,17H,11H2,(H,22,23)(H,24,25)/t17-/m1/s1. The van der Waals surface area contributed by atoms with Crippen LogP contribution in [0, 0.1) is 0 Å². The average molecular weight is 399 g/mol. The fourth-order valence-corrected chi connectivity index (χ4v) is 2.85. The minimum Gasteiger partial charge on any atom is -0.480 e. The number of nitrogens with zero attached hydrogens (tertiary/aromatic N) is 1. The van der Waals surface area contributed by atoms with E-state index in [1.807, 2.05) is 42.5 Å². The van der Waals surface area contributed by atoms with Crippen LogP contribution in [0.1, 0.15) is 15.9 Å². The maximum absolute atomic E-state index is 12.6. The topological polar surface area (TPSA) is 79.3 Å². The van der Waals surface area contributed by atoms with Crippen LogP contribution in [-0.2, 0) is 11.2 Å². The van der Waals surface area contributed by atoms with Crippen molar-refractivity contribution < 1.29 is 14.7 Å². The second-order valence-corrected chi connectivity index (χ2v) is 6.49. The largest absolute Gasteiger partial charge is 0.480 e. The number of carbonyl (C=O) groups is 2. The SMILES string of the molecule is O=C(N[C@H](Cc1ccc(Br)cc1)C(=O)O)c1ccnc2ccccc12. The fourth-order valence-electron chi connectivity index (χ4n) is 2.59. The smallest absolute Gasteiger partial charge is 0.326 e. The zero-order chi connectivity index (χ0) is 17.8. The molecule has 25 heavy (non-hydrogen) atoms. The number of carbonyl (C=O) groups excluding carboxylic acids is 1. The van der Waals surface area contributed by atoms with E-state index in [9.17, 15) is 14.7 Å². The Kier molecular flexibility index (Phi) is 5.09. The third-order valence-corrected chi connectivity index (χ3v) is 4.38. The van der Waals surface area contributed by atoms with E-state index in [1.165, 1.54) is 0 Å². The first kappa shape index (κ1) is 17.1. The molecule has 5 nitrogen and oxygen atoms in total. The minimum absolute atomic E-state index is 0.206. The van der Waals surface area contributed by atoms with Gasteiger partial charge in [-0.1, -0.05) is 46.3 Å². The first-order valence-corrected chi connectivity index (χ1v) is 8.46. The number of fused-ring (bicyclic) bond motifs is 1. The van der Waals surface area contributed by atoms with Crippen molar-refractivity contribution in [2.45, 2.75) is 12.5 Å². The molecular weight excluding hydrogens is 384 g/mol. The van der Waals surface area contributed by atoms with Crippen molar-refractivity contribution in [3.8, 4) is 0 Å². The first-order valence-electron chi connectivity index (χ1n) is 7.66. The second kappa shape index (κ2) is 7.44. The Hall–Kier alpha value is -2.73. The highest BCUT2D eigenvalue weighted by atomic mass is 79.9. The molecule has 0 bridgehead atoms. The van der Waals surface area contributed by atoms with Crippen molar-refractivity contribution in [1.82, 2.24) is 10.3 Å². The molecule has 3 rings (SSSR count). The van der Waals surface area contributed by atoms with Gasteiger partial charge in [0.25, 0.3) is 5.91 Å². The van der Waals surface area contributed by atoms with E-state index in [0.29, 0.717) is 16.5 Å². The van der Waals surface area contributed by atoms with Crippen LogP contribution in [-0.4, -0.2) is 28.0 Å². The minimum atomic E-state index is -1.07. The fraction of sp³-hybridized carbons (Fsp3) is 0.105. The van der Waals surface area contributed by atoms with E-state index in [0.717, 1.165) is 10.0 Å². The van der Waals surface area contributed by atoms with Gasteiger partial charge < -0.3 is 10.4 Å². The van der Waals surface area contributed by atoms with Crippen LogP contribution in [0.5, 0.6) is 0 Å². The zero-order valence-corrected chi connectivity index (χ0v) is 14.7. The van der Waals surface area contributed by atoms with Crippen molar-refractivity contribution in [2.24, 2.45) is 0 Å². The van der Waals surface area contributed by atoms with Crippen LogP contribution < -0.4 is 5.32 Å². The molecule has 0 fully saturated rings. The summed E-state index contributed by atoms with van der Waals surface area (Å²) in [4.78, 5) is 28.4. The summed E-state index contributed by atoms with van der Waals surface area (Å²) in [7, 11) is 0. The van der Waals surface area contributed by atoms with Crippen LogP contribution in [0.2, 0.25) is 0 Å². The van der Waals surface area contributed by atoms with Crippen LogP contribution in [0.4, 0.5) is 0 Å². The van der Waals surface area contributed by atoms with Gasteiger partial charge in [0, 0.05) is 22.5 Å². The Bertz CT molecular complexity index is 920. The summed E-state index contributed by atoms with van der Waals surface area (Å²) in [5.41, 5.74) is 1.93. The lowest BCUT2D eigenvalue weighted by Crippen LogP contribution is -2.42. The third kappa shape index (κ3) is 4.03. The number of nitrogens with one attached hydrogen (secondary N) is 1. The van der Waals surface area contributed by atoms with Crippen LogP contribution >= 0.6 is 15.9 Å². The molecular formula is C19H15BrN2O3. The predicted octanol–water partition coefficient (Wildman–Crippen LogP) is 3.42. The highest BCUT2D eigenvalue weighted by molar-refractivity contribution is 9.10. The van der Waals surface area contributed by atoms with Crippen molar-refractivity contribution in [1.29, 1.82) is 0 Å². The molecule has 1 atom stereocenters. The lowest BCUT2D eigenvalue weighted by Gasteiger charge is -2.15. The van der Waals surface area contributed by atoms with E-state index >= 15 is 0 Å². The number of rotatable bonds is 5. The molecule has 1 amide bonds. The molecule has 0 spiro atoms. The quantitative estimate of drug-likeness (QED) is 0.689. The van der Waals surface area contributed by atoms with Gasteiger partial charge in [-0.15, -0.1) is 0 Å². The molecule has 2 aromatic carbocycles. The Balaban J connectivity index is 1.83. The number of carboxylic acid groups (broad SMARTS) is 1. The van der Waals surface area contributed by atoms with Gasteiger partial charge >= 0.3 is 5.97 Å². The summed E-state index contributed by atoms with van der Waals surface area (Å²) in [5.74, 6) is -1.50. The zero-order valence-electron chi connectivity index (χ0n) is 13.1. The van der Waals surface area contributed by atoms with E-state index in [1.54, 1.807) is 18.3 Å². The molecule has 126 valence electrons. The lowest BCUT2D eigenvalue weighted by atomic mass is 10.0. The van der Waals surface area contributed by atoms with Crippen LogP contribution in [0.25, 0.3) is 10.9 Å². The van der Waals surface area contributed by atoms with Gasteiger partial charge in [0.1, 0.15) is 6.04 Å². The van der Waals surface area contributed by atoms with Crippen molar-refractivity contribution in [3.63, 3.8) is 0 Å². The molecule has 0 aliphatic carbocycles. The second-order valence-electron chi connectivity index (χ2n) is 5.57. The summed E-state index contributed by atoms with van der Waals surface area (Å²) in [6.45, 7) is 0. The Morgan fingerprint density at radius 2 is 1.80 bits per heavy atom. The molecule has 1 heterocycles. The number of pyridine rings is 1. The molecule has 0 radical (unpaired) electrons. The highest BCUT2D eigenvalue weighted by Crippen LogP contribution is 2.17. The molecule has 3 aromatic rings. The van der Waals surface area contributed by atoms with Gasteiger partial charge in [-0.05, 0) is 29.8 Å². The van der Waals surface area contributed by atoms with Gasteiger partial charge in [-0.3, -0.25) is 9.78 Å². The van der Waals surface area contributed by atoms with Crippen LogP contribution in [0.3, 0.4) is 0 Å².